The van der Waals surface area contributed by atoms with Gasteiger partial charge in [-0.3, -0.25) is 0 Å². The van der Waals surface area contributed by atoms with Gasteiger partial charge in [0.05, 0.1) is 0 Å². The lowest BCUT2D eigenvalue weighted by Crippen LogP contribution is -1.80. The van der Waals surface area contributed by atoms with E-state index in [1.54, 1.807) is 0 Å². The van der Waals surface area contributed by atoms with Crippen molar-refractivity contribution in [2.24, 2.45) is 0 Å². The molecule has 0 heterocycles. The molecule has 1 radical (unpaired) electrons. The van der Waals surface area contributed by atoms with E-state index in [-0.39, 0.29) is 0 Å². The van der Waals surface area contributed by atoms with Crippen LogP contribution in [0.4, 0.5) is 0 Å². The number of hydrogen-bond donors (Lipinski definition) is 0. The Morgan fingerprint density at radius 3 is 2.50 bits per heavy atom. The average molecular weight is 157 g/mol. The summed E-state index contributed by atoms with van der Waals surface area (Å²) in [5.41, 5.74) is 4.22. The molecule has 0 saturated heterocycles. The van der Waals surface area contributed by atoms with E-state index < -0.39 is 0 Å². The lowest BCUT2D eigenvalue weighted by molar-refractivity contribution is 0.924. The molecule has 61 valence electrons. The lowest BCUT2D eigenvalue weighted by Gasteiger charge is -1.96. The fraction of sp³-hybridized carbons (Fsp3) is 0.250. The van der Waals surface area contributed by atoms with Crippen molar-refractivity contribution >= 4 is 6.08 Å². The summed E-state index contributed by atoms with van der Waals surface area (Å²) in [6.07, 6.45) is 7.02. The van der Waals surface area contributed by atoms with E-state index in [0.717, 1.165) is 0 Å². The average Bonchev–Trinajstić information content (AvgIpc) is 2.47. The Hall–Kier alpha value is -1.04. The Bertz CT molecular complexity index is 308. The van der Waals surface area contributed by atoms with Crippen LogP contribution in [-0.4, -0.2) is 0 Å². The summed E-state index contributed by atoms with van der Waals surface area (Å²) in [6.45, 7) is 2.22. The van der Waals surface area contributed by atoms with Crippen molar-refractivity contribution in [3.8, 4) is 0 Å². The van der Waals surface area contributed by atoms with Crippen molar-refractivity contribution < 1.29 is 0 Å². The van der Waals surface area contributed by atoms with Crippen LogP contribution in [-0.2, 0) is 0 Å². The molecule has 1 aliphatic carbocycles. The summed E-state index contributed by atoms with van der Waals surface area (Å²) in [6, 6.07) is 8.54. The summed E-state index contributed by atoms with van der Waals surface area (Å²) in [5, 5.41) is 0. The van der Waals surface area contributed by atoms with Crippen molar-refractivity contribution in [1.29, 1.82) is 0 Å². The van der Waals surface area contributed by atoms with Gasteiger partial charge >= 0.3 is 0 Å². The van der Waals surface area contributed by atoms with Crippen LogP contribution in [0.1, 0.15) is 30.9 Å². The maximum atomic E-state index is 2.29. The first kappa shape index (κ1) is 7.60. The second-order valence-electron chi connectivity index (χ2n) is 3.24. The van der Waals surface area contributed by atoms with Gasteiger partial charge in [0.25, 0.3) is 0 Å². The van der Waals surface area contributed by atoms with Crippen LogP contribution in [0.3, 0.4) is 0 Å². The molecule has 0 amide bonds. The van der Waals surface area contributed by atoms with Crippen LogP contribution in [0.15, 0.2) is 29.8 Å². The van der Waals surface area contributed by atoms with Crippen molar-refractivity contribution in [3.05, 3.63) is 47.4 Å². The van der Waals surface area contributed by atoms with Crippen LogP contribution in [0.25, 0.3) is 6.08 Å². The Morgan fingerprint density at radius 1 is 1.08 bits per heavy atom. The summed E-state index contributed by atoms with van der Waals surface area (Å²) >= 11 is 0. The van der Waals surface area contributed by atoms with Crippen LogP contribution < -0.4 is 0 Å². The van der Waals surface area contributed by atoms with Crippen molar-refractivity contribution in [2.75, 3.05) is 0 Å². The highest BCUT2D eigenvalue weighted by atomic mass is 14.1. The number of rotatable bonds is 2. The van der Waals surface area contributed by atoms with Gasteiger partial charge in [0.15, 0.2) is 0 Å². The molecule has 0 heteroatoms. The fourth-order valence-corrected chi connectivity index (χ4v) is 1.65. The van der Waals surface area contributed by atoms with Crippen LogP contribution in [0.5, 0.6) is 0 Å². The quantitative estimate of drug-likeness (QED) is 0.617. The zero-order valence-electron chi connectivity index (χ0n) is 7.38. The monoisotopic (exact) mass is 157 g/mol. The zero-order chi connectivity index (χ0) is 8.39. The minimum Gasteiger partial charge on any atom is -0.0651 e. The molecule has 0 saturated carbocycles. The summed E-state index contributed by atoms with van der Waals surface area (Å²) in [4.78, 5) is 0. The molecule has 2 rings (SSSR count). The Balaban J connectivity index is 2.23. The first-order valence-electron chi connectivity index (χ1n) is 4.54. The molecule has 0 aliphatic heterocycles. The van der Waals surface area contributed by atoms with Gasteiger partial charge in [-0.25, -0.2) is 0 Å². The molecule has 0 spiro atoms. The second kappa shape index (κ2) is 3.14. The SMILES string of the molecule is CCCC1=Cc2ccccc2[CH]1. The van der Waals surface area contributed by atoms with Crippen LogP contribution in [0, 0.1) is 6.42 Å². The predicted octanol–water partition coefficient (Wildman–Crippen LogP) is 3.44. The smallest absolute Gasteiger partial charge is 0.0164 e. The van der Waals surface area contributed by atoms with Gasteiger partial charge in [-0.1, -0.05) is 49.3 Å². The number of allylic oxidation sites excluding steroid dienone is 1. The largest absolute Gasteiger partial charge is 0.0651 e. The zero-order valence-corrected chi connectivity index (χ0v) is 7.38. The molecule has 0 atom stereocenters. The van der Waals surface area contributed by atoms with Crippen molar-refractivity contribution in [2.45, 2.75) is 19.8 Å². The van der Waals surface area contributed by atoms with E-state index in [1.165, 1.54) is 29.5 Å². The third-order valence-corrected chi connectivity index (χ3v) is 2.22. The Kier molecular flexibility index (Phi) is 1.99. The molecule has 0 nitrogen and oxygen atoms in total. The molecular weight excluding hydrogens is 144 g/mol. The highest BCUT2D eigenvalue weighted by molar-refractivity contribution is 5.68. The molecule has 1 aliphatic rings. The van der Waals surface area contributed by atoms with Crippen LogP contribution in [0.2, 0.25) is 0 Å². The molecular formula is C12H13. The Morgan fingerprint density at radius 2 is 1.83 bits per heavy atom. The van der Waals surface area contributed by atoms with E-state index in [4.69, 9.17) is 0 Å². The first-order valence-corrected chi connectivity index (χ1v) is 4.54. The predicted molar refractivity (Wildman–Crippen MR) is 52.7 cm³/mol. The van der Waals surface area contributed by atoms with E-state index in [2.05, 4.69) is 43.7 Å². The third-order valence-electron chi connectivity index (χ3n) is 2.22. The minimum atomic E-state index is 1.20. The number of benzene rings is 1. The fourth-order valence-electron chi connectivity index (χ4n) is 1.65. The number of hydrogen-bond acceptors (Lipinski definition) is 0. The molecule has 0 fully saturated rings. The summed E-state index contributed by atoms with van der Waals surface area (Å²) in [5.74, 6) is 0. The van der Waals surface area contributed by atoms with Gasteiger partial charge < -0.3 is 0 Å². The summed E-state index contributed by atoms with van der Waals surface area (Å²) < 4.78 is 0. The topological polar surface area (TPSA) is 0 Å². The molecule has 0 unspecified atom stereocenters. The van der Waals surface area contributed by atoms with E-state index in [0.29, 0.717) is 0 Å². The molecule has 0 bridgehead atoms. The third kappa shape index (κ3) is 1.29. The molecule has 0 N–H and O–H groups in total. The van der Waals surface area contributed by atoms with E-state index >= 15 is 0 Å². The molecule has 12 heavy (non-hydrogen) atoms. The summed E-state index contributed by atoms with van der Waals surface area (Å²) in [7, 11) is 0. The maximum absolute atomic E-state index is 2.29. The van der Waals surface area contributed by atoms with Gasteiger partial charge in [0.2, 0.25) is 0 Å². The van der Waals surface area contributed by atoms with Crippen molar-refractivity contribution in [3.63, 3.8) is 0 Å². The molecule has 1 aromatic carbocycles. The van der Waals surface area contributed by atoms with Crippen LogP contribution >= 0.6 is 0 Å². The van der Waals surface area contributed by atoms with E-state index in [1.807, 2.05) is 0 Å². The van der Waals surface area contributed by atoms with Crippen molar-refractivity contribution in [1.82, 2.24) is 0 Å². The normalized spacial score (nSPS) is 14.2. The minimum absolute atomic E-state index is 1.20. The molecule has 0 aromatic heterocycles. The molecule has 1 aromatic rings. The lowest BCUT2D eigenvalue weighted by atomic mass is 10.1. The maximum Gasteiger partial charge on any atom is 0.0164 e. The van der Waals surface area contributed by atoms with Gasteiger partial charge in [-0.2, -0.15) is 0 Å². The second-order valence-corrected chi connectivity index (χ2v) is 3.24. The first-order chi connectivity index (χ1) is 5.90. The number of fused-ring (bicyclic) bond motifs is 1. The van der Waals surface area contributed by atoms with Gasteiger partial charge in [0, 0.05) is 6.42 Å². The highest BCUT2D eigenvalue weighted by Gasteiger charge is 2.10. The van der Waals surface area contributed by atoms with Gasteiger partial charge in [-0.15, -0.1) is 0 Å². The highest BCUT2D eigenvalue weighted by Crippen LogP contribution is 2.28. The van der Waals surface area contributed by atoms with Gasteiger partial charge in [0.1, 0.15) is 0 Å². The standard InChI is InChI=1S/C12H13/c1-2-5-10-8-11-6-3-4-7-12(11)9-10/h3-4,6-9H,2,5H2,1H3. The van der Waals surface area contributed by atoms with Gasteiger partial charge in [-0.05, 0) is 17.5 Å². The van der Waals surface area contributed by atoms with E-state index in [9.17, 15) is 0 Å². The Labute approximate surface area is 73.9 Å².